The summed E-state index contributed by atoms with van der Waals surface area (Å²) in [6.07, 6.45) is 3.37. The van der Waals surface area contributed by atoms with E-state index in [0.29, 0.717) is 22.9 Å². The van der Waals surface area contributed by atoms with E-state index >= 15 is 0 Å². The molecule has 31 heavy (non-hydrogen) atoms. The van der Waals surface area contributed by atoms with Gasteiger partial charge in [0.05, 0.1) is 5.69 Å². The summed E-state index contributed by atoms with van der Waals surface area (Å²) < 4.78 is 12.4. The van der Waals surface area contributed by atoms with Gasteiger partial charge in [-0.1, -0.05) is 11.3 Å². The highest BCUT2D eigenvalue weighted by Crippen LogP contribution is 2.34. The number of fused-ring (bicyclic) bond motifs is 1. The molecule has 1 aliphatic heterocycles. The van der Waals surface area contributed by atoms with Gasteiger partial charge in [0.2, 0.25) is 6.79 Å². The summed E-state index contributed by atoms with van der Waals surface area (Å²) in [7, 11) is 0. The Morgan fingerprint density at radius 2 is 1.90 bits per heavy atom. The molecule has 8 nitrogen and oxygen atoms in total. The van der Waals surface area contributed by atoms with Gasteiger partial charge in [-0.25, -0.2) is 4.68 Å². The predicted molar refractivity (Wildman–Crippen MR) is 115 cm³/mol. The normalized spacial score (nSPS) is 12.1. The van der Waals surface area contributed by atoms with E-state index in [-0.39, 0.29) is 18.4 Å². The minimum Gasteiger partial charge on any atom is -0.454 e. The molecular formula is C23H19N5O3. The number of carbonyl (C=O) groups is 1. The summed E-state index contributed by atoms with van der Waals surface area (Å²) in [5, 5.41) is 11.4. The fourth-order valence-corrected chi connectivity index (χ4v) is 3.40. The zero-order valence-electron chi connectivity index (χ0n) is 17.0. The molecule has 0 unspecified atom stereocenters. The van der Waals surface area contributed by atoms with E-state index < -0.39 is 0 Å². The van der Waals surface area contributed by atoms with Crippen molar-refractivity contribution in [1.29, 1.82) is 0 Å². The molecule has 0 radical (unpaired) electrons. The Morgan fingerprint density at radius 1 is 1.03 bits per heavy atom. The number of nitrogens with one attached hydrogen (secondary N) is 1. The zero-order chi connectivity index (χ0) is 21.4. The highest BCUT2D eigenvalue weighted by atomic mass is 16.7. The van der Waals surface area contributed by atoms with Crippen LogP contribution < -0.4 is 14.8 Å². The summed E-state index contributed by atoms with van der Waals surface area (Å²) in [6, 6.07) is 14.9. The molecule has 2 aromatic carbocycles. The number of amides is 1. The maximum absolute atomic E-state index is 13.2. The monoisotopic (exact) mass is 413 g/mol. The molecule has 2 aromatic heterocycles. The van der Waals surface area contributed by atoms with Crippen molar-refractivity contribution in [2.45, 2.75) is 13.8 Å². The van der Waals surface area contributed by atoms with Gasteiger partial charge in [0.1, 0.15) is 5.69 Å². The summed E-state index contributed by atoms with van der Waals surface area (Å²) in [6.45, 7) is 4.25. The lowest BCUT2D eigenvalue weighted by Crippen LogP contribution is -2.14. The Hall–Kier alpha value is -4.20. The van der Waals surface area contributed by atoms with Crippen molar-refractivity contribution in [3.8, 4) is 28.4 Å². The minimum atomic E-state index is -0.382. The highest BCUT2D eigenvalue weighted by molar-refractivity contribution is 6.06. The van der Waals surface area contributed by atoms with E-state index in [4.69, 9.17) is 9.47 Å². The number of ether oxygens (including phenoxy) is 2. The number of anilines is 1. The zero-order valence-corrected chi connectivity index (χ0v) is 17.0. The lowest BCUT2D eigenvalue weighted by Gasteiger charge is -2.10. The van der Waals surface area contributed by atoms with Gasteiger partial charge in [-0.3, -0.25) is 9.78 Å². The second-order valence-electron chi connectivity index (χ2n) is 7.23. The summed E-state index contributed by atoms with van der Waals surface area (Å²) >= 11 is 0. The van der Waals surface area contributed by atoms with Crippen molar-refractivity contribution in [3.63, 3.8) is 0 Å². The average Bonchev–Trinajstić information content (AvgIpc) is 3.43. The fourth-order valence-electron chi connectivity index (χ4n) is 3.40. The van der Waals surface area contributed by atoms with Crippen LogP contribution in [0.15, 0.2) is 60.9 Å². The second-order valence-corrected chi connectivity index (χ2v) is 7.23. The molecule has 5 rings (SSSR count). The van der Waals surface area contributed by atoms with Crippen LogP contribution in [0.3, 0.4) is 0 Å². The third kappa shape index (κ3) is 3.48. The topological polar surface area (TPSA) is 91.2 Å². The first kappa shape index (κ1) is 18.8. The predicted octanol–water partition coefficient (Wildman–Crippen LogP) is 3.93. The quantitative estimate of drug-likeness (QED) is 0.545. The molecule has 0 fully saturated rings. The molecule has 3 heterocycles. The third-order valence-corrected chi connectivity index (χ3v) is 5.19. The van der Waals surface area contributed by atoms with Crippen molar-refractivity contribution in [1.82, 2.24) is 20.0 Å². The molecule has 0 spiro atoms. The van der Waals surface area contributed by atoms with Crippen LogP contribution in [0.4, 0.5) is 5.69 Å². The number of pyridine rings is 1. The maximum Gasteiger partial charge on any atom is 0.278 e. The van der Waals surface area contributed by atoms with E-state index in [2.05, 4.69) is 20.6 Å². The van der Waals surface area contributed by atoms with Gasteiger partial charge in [-0.15, -0.1) is 5.10 Å². The first-order chi connectivity index (χ1) is 15.1. The van der Waals surface area contributed by atoms with Crippen molar-refractivity contribution >= 4 is 11.6 Å². The van der Waals surface area contributed by atoms with E-state index in [9.17, 15) is 4.79 Å². The molecule has 4 aromatic rings. The number of aromatic nitrogens is 4. The van der Waals surface area contributed by atoms with Gasteiger partial charge in [0.25, 0.3) is 5.91 Å². The largest absolute Gasteiger partial charge is 0.454 e. The van der Waals surface area contributed by atoms with Crippen LogP contribution in [-0.2, 0) is 0 Å². The van der Waals surface area contributed by atoms with Gasteiger partial charge in [-0.2, -0.15) is 0 Å². The first-order valence-electron chi connectivity index (χ1n) is 9.75. The molecule has 0 aliphatic carbocycles. The Kier molecular flexibility index (Phi) is 4.59. The second kappa shape index (κ2) is 7.56. The third-order valence-electron chi connectivity index (χ3n) is 5.19. The summed E-state index contributed by atoms with van der Waals surface area (Å²) in [5.74, 6) is 0.853. The van der Waals surface area contributed by atoms with Crippen LogP contribution in [0.5, 0.6) is 11.5 Å². The molecule has 0 saturated carbocycles. The van der Waals surface area contributed by atoms with Crippen LogP contribution in [0.1, 0.15) is 21.6 Å². The Morgan fingerprint density at radius 3 is 2.71 bits per heavy atom. The Balaban J connectivity index is 1.56. The van der Waals surface area contributed by atoms with Gasteiger partial charge < -0.3 is 14.8 Å². The molecule has 0 atom stereocenters. The van der Waals surface area contributed by atoms with Crippen LogP contribution >= 0.6 is 0 Å². The van der Waals surface area contributed by atoms with Gasteiger partial charge in [0, 0.05) is 29.7 Å². The standard InChI is InChI=1S/C23H19N5O3/c1-14-5-7-18(10-15(14)2)28-22(16-4-3-9-24-12-16)21(26-27-28)23(29)25-17-6-8-19-20(11-17)31-13-30-19/h3-12H,13H2,1-2H3,(H,25,29). The molecule has 0 saturated heterocycles. The molecular weight excluding hydrogens is 394 g/mol. The lowest BCUT2D eigenvalue weighted by atomic mass is 10.1. The fraction of sp³-hybridized carbons (Fsp3) is 0.130. The smallest absolute Gasteiger partial charge is 0.278 e. The Bertz CT molecular complexity index is 1280. The van der Waals surface area contributed by atoms with Crippen LogP contribution in [0.25, 0.3) is 16.9 Å². The molecule has 1 aliphatic rings. The molecule has 154 valence electrons. The van der Waals surface area contributed by atoms with Crippen LogP contribution in [0, 0.1) is 13.8 Å². The number of aryl methyl sites for hydroxylation is 2. The van der Waals surface area contributed by atoms with Crippen molar-refractivity contribution in [3.05, 3.63) is 77.7 Å². The van der Waals surface area contributed by atoms with Crippen LogP contribution in [-0.4, -0.2) is 32.7 Å². The first-order valence-corrected chi connectivity index (χ1v) is 9.75. The average molecular weight is 413 g/mol. The number of benzene rings is 2. The molecule has 8 heteroatoms. The maximum atomic E-state index is 13.2. The Labute approximate surface area is 178 Å². The number of hydrogen-bond acceptors (Lipinski definition) is 6. The SMILES string of the molecule is Cc1ccc(-n2nnc(C(=O)Nc3ccc4c(c3)OCO4)c2-c2cccnc2)cc1C. The molecule has 0 bridgehead atoms. The van der Waals surface area contributed by atoms with Crippen LogP contribution in [0.2, 0.25) is 0 Å². The van der Waals surface area contributed by atoms with Crippen molar-refractivity contribution < 1.29 is 14.3 Å². The lowest BCUT2D eigenvalue weighted by molar-refractivity contribution is 0.102. The van der Waals surface area contributed by atoms with Gasteiger partial charge in [-0.05, 0) is 61.4 Å². The number of carbonyl (C=O) groups excluding carboxylic acids is 1. The van der Waals surface area contributed by atoms with E-state index in [1.807, 2.05) is 44.2 Å². The number of hydrogen-bond donors (Lipinski definition) is 1. The van der Waals surface area contributed by atoms with Gasteiger partial charge >= 0.3 is 0 Å². The van der Waals surface area contributed by atoms with Gasteiger partial charge in [0.15, 0.2) is 17.2 Å². The highest BCUT2D eigenvalue weighted by Gasteiger charge is 2.23. The van der Waals surface area contributed by atoms with Crippen molar-refractivity contribution in [2.75, 3.05) is 12.1 Å². The molecule has 1 amide bonds. The van der Waals surface area contributed by atoms with E-state index in [1.165, 1.54) is 5.56 Å². The number of nitrogens with zero attached hydrogens (tertiary/aromatic N) is 4. The summed E-state index contributed by atoms with van der Waals surface area (Å²) in [4.78, 5) is 17.4. The molecule has 1 N–H and O–H groups in total. The van der Waals surface area contributed by atoms with E-state index in [1.54, 1.807) is 35.3 Å². The summed E-state index contributed by atoms with van der Waals surface area (Å²) in [5.41, 5.74) is 5.19. The van der Waals surface area contributed by atoms with E-state index in [0.717, 1.165) is 16.8 Å². The minimum absolute atomic E-state index is 0.169. The number of rotatable bonds is 4. The van der Waals surface area contributed by atoms with Crippen molar-refractivity contribution in [2.24, 2.45) is 0 Å².